The Morgan fingerprint density at radius 3 is 2.57 bits per heavy atom. The Labute approximate surface area is 79.5 Å². The van der Waals surface area contributed by atoms with Crippen LogP contribution >= 0.6 is 0 Å². The van der Waals surface area contributed by atoms with Crippen molar-refractivity contribution in [1.82, 2.24) is 4.98 Å². The summed E-state index contributed by atoms with van der Waals surface area (Å²) in [4.78, 5) is 3.63. The third-order valence-electron chi connectivity index (χ3n) is 1.71. The number of pyridine rings is 1. The maximum Gasteiger partial charge on any atom is 0.417 e. The third-order valence-corrected chi connectivity index (χ3v) is 1.71. The van der Waals surface area contributed by atoms with Gasteiger partial charge in [-0.1, -0.05) is 6.58 Å². The molecule has 0 aliphatic rings. The van der Waals surface area contributed by atoms with E-state index in [-0.39, 0.29) is 0 Å². The van der Waals surface area contributed by atoms with Gasteiger partial charge in [0.15, 0.2) is 0 Å². The second kappa shape index (κ2) is 3.69. The lowest BCUT2D eigenvalue weighted by molar-refractivity contribution is -0.137. The minimum atomic E-state index is -4.36. The zero-order valence-corrected chi connectivity index (χ0v) is 7.52. The van der Waals surface area contributed by atoms with Crippen LogP contribution in [0, 0.1) is 0 Å². The fourth-order valence-corrected chi connectivity index (χ4v) is 0.993. The molecule has 0 saturated carbocycles. The molecule has 0 aliphatic heterocycles. The number of nitrogens with zero attached hydrogens (tertiary/aromatic N) is 1. The zero-order valence-electron chi connectivity index (χ0n) is 7.52. The number of nitrogens with one attached hydrogen (secondary N) is 1. The third kappa shape index (κ3) is 2.04. The second-order valence-corrected chi connectivity index (χ2v) is 2.61. The number of rotatable bonds is 2. The van der Waals surface area contributed by atoms with Crippen LogP contribution in [0.5, 0.6) is 0 Å². The lowest BCUT2D eigenvalue weighted by Crippen LogP contribution is -2.07. The Morgan fingerprint density at radius 2 is 2.14 bits per heavy atom. The largest absolute Gasteiger partial charge is 0.417 e. The highest BCUT2D eigenvalue weighted by atomic mass is 19.4. The molecule has 1 heterocycles. The summed E-state index contributed by atoms with van der Waals surface area (Å²) < 4.78 is 36.7. The molecular formula is C9H9F3N2. The van der Waals surface area contributed by atoms with Gasteiger partial charge in [-0.2, -0.15) is 13.2 Å². The lowest BCUT2D eigenvalue weighted by Gasteiger charge is -2.09. The fourth-order valence-electron chi connectivity index (χ4n) is 0.993. The van der Waals surface area contributed by atoms with Gasteiger partial charge in [-0.25, -0.2) is 0 Å². The van der Waals surface area contributed by atoms with E-state index in [1.165, 1.54) is 13.1 Å². The summed E-state index contributed by atoms with van der Waals surface area (Å²) in [6.45, 7) is 3.45. The van der Waals surface area contributed by atoms with Crippen molar-refractivity contribution < 1.29 is 13.2 Å². The molecular weight excluding hydrogens is 193 g/mol. The highest BCUT2D eigenvalue weighted by molar-refractivity contribution is 5.62. The molecule has 0 saturated heterocycles. The molecule has 1 rings (SSSR count). The molecule has 0 atom stereocenters. The number of hydrogen-bond acceptors (Lipinski definition) is 2. The molecule has 14 heavy (non-hydrogen) atoms. The average Bonchev–Trinajstić information content (AvgIpc) is 2.15. The van der Waals surface area contributed by atoms with Crippen LogP contribution in [0.1, 0.15) is 11.3 Å². The predicted molar refractivity (Wildman–Crippen MR) is 48.9 cm³/mol. The Bertz CT molecular complexity index is 344. The van der Waals surface area contributed by atoms with Crippen molar-refractivity contribution in [3.63, 3.8) is 0 Å². The molecule has 0 fully saturated rings. The minimum absolute atomic E-state index is 0.315. The Kier molecular flexibility index (Phi) is 2.78. The molecule has 2 nitrogen and oxygen atoms in total. The van der Waals surface area contributed by atoms with Crippen molar-refractivity contribution in [2.24, 2.45) is 0 Å². The molecule has 5 heteroatoms. The van der Waals surface area contributed by atoms with Gasteiger partial charge in [-0.15, -0.1) is 0 Å². The van der Waals surface area contributed by atoms with E-state index in [4.69, 9.17) is 0 Å². The van der Waals surface area contributed by atoms with Gasteiger partial charge in [0.1, 0.15) is 0 Å². The number of alkyl halides is 3. The van der Waals surface area contributed by atoms with E-state index in [1.807, 2.05) is 0 Å². The highest BCUT2D eigenvalue weighted by Gasteiger charge is 2.31. The number of anilines is 1. The van der Waals surface area contributed by atoms with Gasteiger partial charge in [0, 0.05) is 13.2 Å². The van der Waals surface area contributed by atoms with Crippen LogP contribution in [0.3, 0.4) is 0 Å². The first-order valence-electron chi connectivity index (χ1n) is 3.86. The first kappa shape index (κ1) is 10.6. The van der Waals surface area contributed by atoms with Crippen molar-refractivity contribution in [3.8, 4) is 0 Å². The maximum absolute atomic E-state index is 12.2. The standard InChI is InChI=1S/C9H9F3N2/c1-3-7-8(13-2)4-6(5-14-7)9(10,11)12/h3-5,13H,1H2,2H3. The number of hydrogen-bond donors (Lipinski definition) is 1. The van der Waals surface area contributed by atoms with Gasteiger partial charge in [-0.05, 0) is 12.1 Å². The van der Waals surface area contributed by atoms with Gasteiger partial charge < -0.3 is 5.32 Å². The van der Waals surface area contributed by atoms with Crippen molar-refractivity contribution >= 4 is 11.8 Å². The van der Waals surface area contributed by atoms with Crippen LogP contribution in [-0.2, 0) is 6.18 Å². The van der Waals surface area contributed by atoms with Crippen LogP contribution < -0.4 is 5.32 Å². The SMILES string of the molecule is C=Cc1ncc(C(F)(F)F)cc1NC. The molecule has 0 aromatic carbocycles. The lowest BCUT2D eigenvalue weighted by atomic mass is 10.2. The number of halogens is 3. The zero-order chi connectivity index (χ0) is 10.8. The molecule has 0 amide bonds. The van der Waals surface area contributed by atoms with E-state index in [9.17, 15) is 13.2 Å². The Balaban J connectivity index is 3.21. The summed E-state index contributed by atoms with van der Waals surface area (Å²) in [5, 5.41) is 2.63. The van der Waals surface area contributed by atoms with Crippen LogP contribution in [0.4, 0.5) is 18.9 Å². The molecule has 1 N–H and O–H groups in total. The minimum Gasteiger partial charge on any atom is -0.386 e. The summed E-state index contributed by atoms with van der Waals surface area (Å²) in [7, 11) is 1.53. The Morgan fingerprint density at radius 1 is 1.50 bits per heavy atom. The molecule has 0 spiro atoms. The highest BCUT2D eigenvalue weighted by Crippen LogP contribution is 2.31. The van der Waals surface area contributed by atoms with E-state index in [0.29, 0.717) is 11.4 Å². The van der Waals surface area contributed by atoms with Gasteiger partial charge in [0.05, 0.1) is 16.9 Å². The smallest absolute Gasteiger partial charge is 0.386 e. The van der Waals surface area contributed by atoms with E-state index in [1.54, 1.807) is 0 Å². The summed E-state index contributed by atoms with van der Waals surface area (Å²) in [5.74, 6) is 0. The van der Waals surface area contributed by atoms with E-state index in [0.717, 1.165) is 12.3 Å². The van der Waals surface area contributed by atoms with Crippen LogP contribution in [-0.4, -0.2) is 12.0 Å². The first-order chi connectivity index (χ1) is 6.49. The first-order valence-corrected chi connectivity index (χ1v) is 3.86. The second-order valence-electron chi connectivity index (χ2n) is 2.61. The van der Waals surface area contributed by atoms with Crippen molar-refractivity contribution in [2.75, 3.05) is 12.4 Å². The number of aromatic nitrogens is 1. The molecule has 0 radical (unpaired) electrons. The van der Waals surface area contributed by atoms with Gasteiger partial charge in [0.25, 0.3) is 0 Å². The molecule has 1 aromatic rings. The van der Waals surface area contributed by atoms with Crippen molar-refractivity contribution in [2.45, 2.75) is 6.18 Å². The molecule has 0 unspecified atom stereocenters. The van der Waals surface area contributed by atoms with E-state index < -0.39 is 11.7 Å². The molecule has 0 bridgehead atoms. The summed E-state index contributed by atoms with van der Waals surface area (Å²) >= 11 is 0. The molecule has 0 aliphatic carbocycles. The van der Waals surface area contributed by atoms with Crippen LogP contribution in [0.25, 0.3) is 6.08 Å². The van der Waals surface area contributed by atoms with Crippen LogP contribution in [0.2, 0.25) is 0 Å². The predicted octanol–water partition coefficient (Wildman–Crippen LogP) is 2.79. The van der Waals surface area contributed by atoms with E-state index >= 15 is 0 Å². The van der Waals surface area contributed by atoms with Crippen molar-refractivity contribution in [3.05, 3.63) is 30.1 Å². The van der Waals surface area contributed by atoms with Gasteiger partial charge >= 0.3 is 6.18 Å². The summed E-state index contributed by atoms with van der Waals surface area (Å²) in [6.07, 6.45) is -2.18. The molecule has 76 valence electrons. The van der Waals surface area contributed by atoms with Gasteiger partial charge in [0.2, 0.25) is 0 Å². The Hall–Kier alpha value is -1.52. The molecule has 1 aromatic heterocycles. The normalized spacial score (nSPS) is 11.1. The summed E-state index contributed by atoms with van der Waals surface area (Å²) in [5.41, 5.74) is -0.0530. The van der Waals surface area contributed by atoms with Crippen LogP contribution in [0.15, 0.2) is 18.8 Å². The van der Waals surface area contributed by atoms with Crippen molar-refractivity contribution in [1.29, 1.82) is 0 Å². The average molecular weight is 202 g/mol. The monoisotopic (exact) mass is 202 g/mol. The summed E-state index contributed by atoms with van der Waals surface area (Å²) in [6, 6.07) is 1.00. The fraction of sp³-hybridized carbons (Fsp3) is 0.222. The quantitative estimate of drug-likeness (QED) is 0.797. The van der Waals surface area contributed by atoms with E-state index in [2.05, 4.69) is 16.9 Å². The topological polar surface area (TPSA) is 24.9 Å². The van der Waals surface area contributed by atoms with Gasteiger partial charge in [-0.3, -0.25) is 4.98 Å². The maximum atomic E-state index is 12.2.